The number of hydrogen-bond donors (Lipinski definition) is 0. The van der Waals surface area contributed by atoms with Crippen molar-refractivity contribution < 1.29 is 18.9 Å². The molecule has 2 aliphatic heterocycles. The minimum Gasteiger partial charge on any atom is -0.347 e. The monoisotopic (exact) mass is 388 g/mol. The van der Waals surface area contributed by atoms with E-state index >= 15 is 0 Å². The van der Waals surface area contributed by atoms with E-state index in [4.69, 9.17) is 18.9 Å². The highest BCUT2D eigenvalue weighted by Crippen LogP contribution is 2.69. The number of rotatable bonds is 1. The van der Waals surface area contributed by atoms with Crippen LogP contribution < -0.4 is 0 Å². The van der Waals surface area contributed by atoms with Gasteiger partial charge in [0, 0.05) is 18.3 Å². The van der Waals surface area contributed by atoms with Crippen molar-refractivity contribution in [2.45, 2.75) is 76.8 Å². The Morgan fingerprint density at radius 2 is 1.71 bits per heavy atom. The predicted molar refractivity (Wildman–Crippen MR) is 106 cm³/mol. The summed E-state index contributed by atoms with van der Waals surface area (Å²) in [5, 5.41) is 0. The molecule has 0 aromatic carbocycles. The van der Waals surface area contributed by atoms with E-state index in [1.54, 1.807) is 5.57 Å². The van der Waals surface area contributed by atoms with E-state index in [0.29, 0.717) is 0 Å². The molecule has 6 atom stereocenters. The smallest absolute Gasteiger partial charge is 0.188 e. The van der Waals surface area contributed by atoms with Crippen molar-refractivity contribution in [3.05, 3.63) is 11.6 Å². The highest BCUT2D eigenvalue weighted by molar-refractivity contribution is 5.24. The van der Waals surface area contributed by atoms with Crippen molar-refractivity contribution in [3.8, 4) is 0 Å². The third kappa shape index (κ3) is 2.27. The highest BCUT2D eigenvalue weighted by Gasteiger charge is 2.68. The third-order valence-corrected chi connectivity index (χ3v) is 9.68. The molecule has 28 heavy (non-hydrogen) atoms. The zero-order chi connectivity index (χ0) is 19.0. The Bertz CT molecular complexity index is 660. The maximum atomic E-state index is 6.40. The van der Waals surface area contributed by atoms with E-state index in [9.17, 15) is 0 Å². The molecule has 0 aromatic heterocycles. The first-order chi connectivity index (χ1) is 13.6. The normalized spacial score (nSPS) is 48.4. The molecular weight excluding hydrogens is 352 g/mol. The first-order valence-corrected chi connectivity index (χ1v) is 11.9. The molecule has 1 unspecified atom stereocenters. The maximum Gasteiger partial charge on any atom is 0.188 e. The second-order valence-electron chi connectivity index (χ2n) is 10.4. The van der Waals surface area contributed by atoms with Gasteiger partial charge in [0.1, 0.15) is 0 Å². The van der Waals surface area contributed by atoms with Gasteiger partial charge in [-0.25, -0.2) is 0 Å². The Labute approximate surface area is 169 Å². The average Bonchev–Trinajstić information content (AvgIpc) is 3.43. The Balaban J connectivity index is 1.33. The summed E-state index contributed by atoms with van der Waals surface area (Å²) >= 11 is 0. The summed E-state index contributed by atoms with van der Waals surface area (Å²) in [7, 11) is 0. The number of allylic oxidation sites excluding steroid dienone is 1. The lowest BCUT2D eigenvalue weighted by atomic mass is 9.47. The summed E-state index contributed by atoms with van der Waals surface area (Å²) in [4.78, 5) is 0. The van der Waals surface area contributed by atoms with Gasteiger partial charge in [-0.1, -0.05) is 19.4 Å². The molecule has 156 valence electrons. The molecule has 2 saturated heterocycles. The molecule has 0 N–H and O–H groups in total. The fourth-order valence-corrected chi connectivity index (χ4v) is 8.87. The van der Waals surface area contributed by atoms with Gasteiger partial charge in [-0.3, -0.25) is 0 Å². The second-order valence-corrected chi connectivity index (χ2v) is 10.4. The van der Waals surface area contributed by atoms with E-state index in [0.717, 1.165) is 68.9 Å². The molecule has 4 nitrogen and oxygen atoms in total. The number of fused-ring (bicyclic) bond motifs is 6. The topological polar surface area (TPSA) is 36.9 Å². The van der Waals surface area contributed by atoms with Crippen LogP contribution in [0, 0.1) is 35.0 Å². The molecule has 4 heteroatoms. The van der Waals surface area contributed by atoms with Crippen LogP contribution in [-0.2, 0) is 18.9 Å². The zero-order valence-corrected chi connectivity index (χ0v) is 17.6. The van der Waals surface area contributed by atoms with Crippen LogP contribution in [0.5, 0.6) is 0 Å². The first kappa shape index (κ1) is 18.4. The van der Waals surface area contributed by atoms with Crippen LogP contribution in [0.3, 0.4) is 0 Å². The standard InChI is InChI=1S/C24H36O4/c1-3-22-14-16(2)21-18-6-8-23(25-10-11-26-23)15-17(18)4-5-19(21)20(22)7-9-24(22)27-12-13-28-24/h15-16,18-21H,3-14H2,1-2H3/t16-,18-,19-,20-,21+,22?/m0/s1. The lowest BCUT2D eigenvalue weighted by molar-refractivity contribution is -0.255. The lowest BCUT2D eigenvalue weighted by Gasteiger charge is -2.59. The van der Waals surface area contributed by atoms with Gasteiger partial charge < -0.3 is 18.9 Å². The van der Waals surface area contributed by atoms with Crippen molar-refractivity contribution in [2.24, 2.45) is 35.0 Å². The van der Waals surface area contributed by atoms with Gasteiger partial charge in [0.15, 0.2) is 11.6 Å². The van der Waals surface area contributed by atoms with Crippen LogP contribution in [0.2, 0.25) is 0 Å². The largest absolute Gasteiger partial charge is 0.347 e. The highest BCUT2D eigenvalue weighted by atomic mass is 16.7. The van der Waals surface area contributed by atoms with E-state index in [1.165, 1.54) is 38.5 Å². The molecule has 0 radical (unpaired) electrons. The molecule has 2 spiro atoms. The average molecular weight is 389 g/mol. The molecule has 6 rings (SSSR count). The molecule has 0 bridgehead atoms. The van der Waals surface area contributed by atoms with Crippen molar-refractivity contribution >= 4 is 0 Å². The Morgan fingerprint density at radius 3 is 2.46 bits per heavy atom. The molecule has 0 amide bonds. The summed E-state index contributed by atoms with van der Waals surface area (Å²) in [6.07, 6.45) is 12.1. The zero-order valence-electron chi connectivity index (χ0n) is 17.6. The fraction of sp³-hybridized carbons (Fsp3) is 0.917. The van der Waals surface area contributed by atoms with Crippen molar-refractivity contribution in [1.82, 2.24) is 0 Å². The van der Waals surface area contributed by atoms with Gasteiger partial charge in [0.05, 0.1) is 26.4 Å². The quantitative estimate of drug-likeness (QED) is 0.611. The summed E-state index contributed by atoms with van der Waals surface area (Å²) in [5.74, 6) is 3.24. The van der Waals surface area contributed by atoms with Crippen molar-refractivity contribution in [2.75, 3.05) is 26.4 Å². The molecular formula is C24H36O4. The molecule has 5 fully saturated rings. The first-order valence-electron chi connectivity index (χ1n) is 11.9. The predicted octanol–water partition coefficient (Wildman–Crippen LogP) is 4.68. The number of ether oxygens (including phenoxy) is 4. The fourth-order valence-electron chi connectivity index (χ4n) is 8.87. The van der Waals surface area contributed by atoms with Crippen LogP contribution in [0.4, 0.5) is 0 Å². The minimum atomic E-state index is -0.382. The Morgan fingerprint density at radius 1 is 0.964 bits per heavy atom. The van der Waals surface area contributed by atoms with Gasteiger partial charge in [0.2, 0.25) is 0 Å². The van der Waals surface area contributed by atoms with E-state index in [1.807, 2.05) is 0 Å². The van der Waals surface area contributed by atoms with Gasteiger partial charge >= 0.3 is 0 Å². The Hall–Kier alpha value is -0.420. The van der Waals surface area contributed by atoms with Gasteiger partial charge in [-0.2, -0.15) is 0 Å². The SMILES string of the molecule is CCC12C[C@H](C)[C@H]3[C@@H](CCC4=CC5(CC[C@@H]43)OCCO5)[C@@H]1CCC21OCCO1. The second kappa shape index (κ2) is 6.29. The van der Waals surface area contributed by atoms with Gasteiger partial charge in [-0.05, 0) is 74.2 Å². The third-order valence-electron chi connectivity index (χ3n) is 9.68. The van der Waals surface area contributed by atoms with Crippen LogP contribution in [0.25, 0.3) is 0 Å². The molecule has 2 heterocycles. The molecule has 0 aromatic rings. The molecule has 4 aliphatic carbocycles. The van der Waals surface area contributed by atoms with Crippen LogP contribution in [-0.4, -0.2) is 38.0 Å². The van der Waals surface area contributed by atoms with Crippen molar-refractivity contribution in [3.63, 3.8) is 0 Å². The molecule has 6 aliphatic rings. The lowest BCUT2D eigenvalue weighted by Crippen LogP contribution is -2.57. The summed E-state index contributed by atoms with van der Waals surface area (Å²) in [6.45, 7) is 8.00. The van der Waals surface area contributed by atoms with Gasteiger partial charge in [0.25, 0.3) is 0 Å². The summed E-state index contributed by atoms with van der Waals surface area (Å²) < 4.78 is 24.8. The summed E-state index contributed by atoms with van der Waals surface area (Å²) in [5.41, 5.74) is 1.88. The molecule has 3 saturated carbocycles. The van der Waals surface area contributed by atoms with E-state index in [-0.39, 0.29) is 17.0 Å². The van der Waals surface area contributed by atoms with Crippen LogP contribution in [0.15, 0.2) is 11.6 Å². The number of hydrogen-bond acceptors (Lipinski definition) is 4. The van der Waals surface area contributed by atoms with E-state index < -0.39 is 0 Å². The minimum absolute atomic E-state index is 0.235. The summed E-state index contributed by atoms with van der Waals surface area (Å²) in [6, 6.07) is 0. The maximum absolute atomic E-state index is 6.40. The Kier molecular flexibility index (Phi) is 4.12. The van der Waals surface area contributed by atoms with Crippen LogP contribution in [0.1, 0.15) is 65.2 Å². The van der Waals surface area contributed by atoms with Crippen molar-refractivity contribution in [1.29, 1.82) is 0 Å². The van der Waals surface area contributed by atoms with Gasteiger partial charge in [-0.15, -0.1) is 0 Å². The van der Waals surface area contributed by atoms with E-state index in [2.05, 4.69) is 19.9 Å². The van der Waals surface area contributed by atoms with Crippen LogP contribution >= 0.6 is 0 Å².